The zero-order valence-corrected chi connectivity index (χ0v) is 9.33. The van der Waals surface area contributed by atoms with Crippen molar-refractivity contribution < 1.29 is 0 Å². The van der Waals surface area contributed by atoms with Crippen molar-refractivity contribution in [2.45, 2.75) is 25.9 Å². The van der Waals surface area contributed by atoms with Crippen LogP contribution in [-0.4, -0.2) is 19.1 Å². The molecule has 14 heavy (non-hydrogen) atoms. The van der Waals surface area contributed by atoms with Crippen LogP contribution in [0, 0.1) is 0 Å². The minimum atomic E-state index is 0.305. The van der Waals surface area contributed by atoms with E-state index in [4.69, 9.17) is 0 Å². The average molecular weight is 193 g/mol. The number of nitrogens with zero attached hydrogens (tertiary/aromatic N) is 1. The van der Waals surface area contributed by atoms with Crippen LogP contribution in [-0.2, 0) is 0 Å². The second kappa shape index (κ2) is 5.08. The molecule has 0 bridgehead atoms. The number of hydrogen-bond acceptors (Lipinski definition) is 3. The smallest absolute Gasteiger partial charge is 0.0574 e. The van der Waals surface area contributed by atoms with Gasteiger partial charge in [-0.3, -0.25) is 4.98 Å². The molecule has 1 aromatic rings. The predicted octanol–water partition coefficient (Wildman–Crippen LogP) is 1.64. The topological polar surface area (TPSA) is 37.0 Å². The number of aromatic nitrogens is 1. The zero-order chi connectivity index (χ0) is 10.6. The molecule has 3 heteroatoms. The van der Waals surface area contributed by atoms with Crippen molar-refractivity contribution in [3.8, 4) is 0 Å². The molecule has 3 nitrogen and oxygen atoms in total. The van der Waals surface area contributed by atoms with Gasteiger partial charge in [-0.15, -0.1) is 0 Å². The van der Waals surface area contributed by atoms with E-state index in [0.29, 0.717) is 12.1 Å². The highest BCUT2D eigenvalue weighted by Gasteiger charge is 2.07. The first-order valence-corrected chi connectivity index (χ1v) is 5.00. The highest BCUT2D eigenvalue weighted by Crippen LogP contribution is 2.13. The molecule has 1 heterocycles. The standard InChI is InChI=1S/C11H19N3/c1-8(12-3)10-6-5-7-11(14-10)9(2)13-4/h5-9,12-13H,1-4H3. The van der Waals surface area contributed by atoms with Crippen LogP contribution >= 0.6 is 0 Å². The Balaban J connectivity index is 2.89. The lowest BCUT2D eigenvalue weighted by Crippen LogP contribution is -2.18. The molecular weight excluding hydrogens is 174 g/mol. The summed E-state index contributed by atoms with van der Waals surface area (Å²) >= 11 is 0. The maximum Gasteiger partial charge on any atom is 0.0574 e. The van der Waals surface area contributed by atoms with Crippen molar-refractivity contribution in [3.63, 3.8) is 0 Å². The van der Waals surface area contributed by atoms with E-state index in [2.05, 4.69) is 35.5 Å². The van der Waals surface area contributed by atoms with Crippen LogP contribution in [0.3, 0.4) is 0 Å². The normalized spacial score (nSPS) is 15.1. The molecule has 0 fully saturated rings. The molecule has 0 aliphatic heterocycles. The van der Waals surface area contributed by atoms with Crippen LogP contribution in [0.4, 0.5) is 0 Å². The summed E-state index contributed by atoms with van der Waals surface area (Å²) in [6.07, 6.45) is 0. The fourth-order valence-corrected chi connectivity index (χ4v) is 1.25. The van der Waals surface area contributed by atoms with Gasteiger partial charge in [0, 0.05) is 12.1 Å². The second-order valence-corrected chi connectivity index (χ2v) is 3.51. The van der Waals surface area contributed by atoms with Gasteiger partial charge < -0.3 is 10.6 Å². The van der Waals surface area contributed by atoms with Gasteiger partial charge in [0.2, 0.25) is 0 Å². The molecule has 0 saturated heterocycles. The lowest BCUT2D eigenvalue weighted by atomic mass is 10.1. The van der Waals surface area contributed by atoms with E-state index in [9.17, 15) is 0 Å². The maximum absolute atomic E-state index is 4.59. The number of hydrogen-bond donors (Lipinski definition) is 2. The molecule has 0 spiro atoms. The molecule has 0 amide bonds. The highest BCUT2D eigenvalue weighted by molar-refractivity contribution is 5.16. The predicted molar refractivity (Wildman–Crippen MR) is 59.2 cm³/mol. The summed E-state index contributed by atoms with van der Waals surface area (Å²) in [7, 11) is 3.89. The Labute approximate surface area is 85.9 Å². The van der Waals surface area contributed by atoms with Crippen LogP contribution in [0.1, 0.15) is 37.3 Å². The third-order valence-electron chi connectivity index (χ3n) is 2.55. The van der Waals surface area contributed by atoms with Gasteiger partial charge in [0.15, 0.2) is 0 Å². The summed E-state index contributed by atoms with van der Waals surface area (Å²) in [5.74, 6) is 0. The molecule has 0 saturated carbocycles. The van der Waals surface area contributed by atoms with E-state index in [1.165, 1.54) is 0 Å². The Morgan fingerprint density at radius 1 is 1.00 bits per heavy atom. The zero-order valence-electron chi connectivity index (χ0n) is 9.33. The Bertz CT molecular complexity index is 260. The van der Waals surface area contributed by atoms with E-state index in [0.717, 1.165) is 11.4 Å². The Morgan fingerprint density at radius 2 is 1.43 bits per heavy atom. The number of nitrogens with one attached hydrogen (secondary N) is 2. The van der Waals surface area contributed by atoms with E-state index < -0.39 is 0 Å². The summed E-state index contributed by atoms with van der Waals surface area (Å²) in [5.41, 5.74) is 2.18. The van der Waals surface area contributed by atoms with Crippen LogP contribution in [0.15, 0.2) is 18.2 Å². The van der Waals surface area contributed by atoms with Crippen molar-refractivity contribution in [3.05, 3.63) is 29.6 Å². The minimum Gasteiger partial charge on any atom is -0.312 e. The van der Waals surface area contributed by atoms with Crippen molar-refractivity contribution in [2.75, 3.05) is 14.1 Å². The van der Waals surface area contributed by atoms with Crippen LogP contribution in [0.25, 0.3) is 0 Å². The number of pyridine rings is 1. The van der Waals surface area contributed by atoms with Gasteiger partial charge in [-0.05, 0) is 40.1 Å². The first-order valence-electron chi connectivity index (χ1n) is 5.00. The van der Waals surface area contributed by atoms with Gasteiger partial charge in [0.25, 0.3) is 0 Å². The summed E-state index contributed by atoms with van der Waals surface area (Å²) in [6.45, 7) is 4.21. The Kier molecular flexibility index (Phi) is 4.04. The summed E-state index contributed by atoms with van der Waals surface area (Å²) in [6, 6.07) is 6.76. The molecule has 0 aromatic carbocycles. The van der Waals surface area contributed by atoms with Crippen molar-refractivity contribution >= 4 is 0 Å². The van der Waals surface area contributed by atoms with Gasteiger partial charge in [-0.25, -0.2) is 0 Å². The van der Waals surface area contributed by atoms with Crippen molar-refractivity contribution in [1.29, 1.82) is 0 Å². The third kappa shape index (κ3) is 2.53. The summed E-state index contributed by atoms with van der Waals surface area (Å²) in [5, 5.41) is 6.36. The molecule has 0 radical (unpaired) electrons. The number of rotatable bonds is 4. The molecule has 78 valence electrons. The molecule has 0 aliphatic rings. The lowest BCUT2D eigenvalue weighted by molar-refractivity contribution is 0.599. The lowest BCUT2D eigenvalue weighted by Gasteiger charge is -2.14. The Hall–Kier alpha value is -0.930. The molecule has 2 unspecified atom stereocenters. The molecule has 1 rings (SSSR count). The monoisotopic (exact) mass is 193 g/mol. The summed E-state index contributed by atoms with van der Waals surface area (Å²) < 4.78 is 0. The average Bonchev–Trinajstić information content (AvgIpc) is 2.27. The van der Waals surface area contributed by atoms with Gasteiger partial charge in [0.1, 0.15) is 0 Å². The first kappa shape index (κ1) is 11.1. The van der Waals surface area contributed by atoms with E-state index in [1.54, 1.807) is 0 Å². The van der Waals surface area contributed by atoms with Crippen LogP contribution in [0.2, 0.25) is 0 Å². The first-order chi connectivity index (χ1) is 6.69. The van der Waals surface area contributed by atoms with Gasteiger partial charge >= 0.3 is 0 Å². The molecule has 2 atom stereocenters. The highest BCUT2D eigenvalue weighted by atomic mass is 14.9. The minimum absolute atomic E-state index is 0.305. The van der Waals surface area contributed by atoms with E-state index >= 15 is 0 Å². The van der Waals surface area contributed by atoms with E-state index in [1.807, 2.05) is 26.2 Å². The van der Waals surface area contributed by atoms with Crippen LogP contribution < -0.4 is 10.6 Å². The second-order valence-electron chi connectivity index (χ2n) is 3.51. The molecular formula is C11H19N3. The van der Waals surface area contributed by atoms with Crippen molar-refractivity contribution in [2.24, 2.45) is 0 Å². The van der Waals surface area contributed by atoms with E-state index in [-0.39, 0.29) is 0 Å². The largest absolute Gasteiger partial charge is 0.312 e. The Morgan fingerprint density at radius 3 is 1.79 bits per heavy atom. The van der Waals surface area contributed by atoms with Gasteiger partial charge in [-0.1, -0.05) is 6.07 Å². The molecule has 1 aromatic heterocycles. The molecule has 0 aliphatic carbocycles. The maximum atomic E-state index is 4.59. The van der Waals surface area contributed by atoms with Gasteiger partial charge in [0.05, 0.1) is 11.4 Å². The van der Waals surface area contributed by atoms with Crippen molar-refractivity contribution in [1.82, 2.24) is 15.6 Å². The third-order valence-corrected chi connectivity index (χ3v) is 2.55. The molecule has 2 N–H and O–H groups in total. The van der Waals surface area contributed by atoms with Crippen LogP contribution in [0.5, 0.6) is 0 Å². The fraction of sp³-hybridized carbons (Fsp3) is 0.545. The quantitative estimate of drug-likeness (QED) is 0.763. The SMILES string of the molecule is CNC(C)c1cccc(C(C)NC)n1. The van der Waals surface area contributed by atoms with Gasteiger partial charge in [-0.2, -0.15) is 0 Å². The fourth-order valence-electron chi connectivity index (χ4n) is 1.25. The summed E-state index contributed by atoms with van der Waals surface area (Å²) in [4.78, 5) is 4.59.